The maximum Gasteiger partial charge on any atom is 0.227 e. The molecule has 1 aliphatic heterocycles. The maximum atomic E-state index is 10.0. The van der Waals surface area contributed by atoms with Crippen molar-refractivity contribution in [2.24, 2.45) is 0 Å². The van der Waals surface area contributed by atoms with Gasteiger partial charge in [-0.25, -0.2) is 4.98 Å². The number of anilines is 1. The number of ether oxygens (including phenoxy) is 2. The van der Waals surface area contributed by atoms with Crippen LogP contribution in [0.25, 0.3) is 0 Å². The fourth-order valence-corrected chi connectivity index (χ4v) is 2.10. The lowest BCUT2D eigenvalue weighted by Crippen LogP contribution is -2.56. The molecule has 0 aromatic carbocycles. The van der Waals surface area contributed by atoms with Crippen LogP contribution in [0.15, 0.2) is 6.07 Å². The van der Waals surface area contributed by atoms with Crippen molar-refractivity contribution in [2.75, 3.05) is 25.1 Å². The maximum absolute atomic E-state index is 10.0. The average Bonchev–Trinajstić information content (AvgIpc) is 2.52. The Morgan fingerprint density at radius 2 is 2.23 bits per heavy atom. The fraction of sp³-hybridized carbons (Fsp3) is 0.615. The highest BCUT2D eigenvalue weighted by molar-refractivity contribution is 5.37. The second-order valence-electron chi connectivity index (χ2n) is 4.75. The summed E-state index contributed by atoms with van der Waals surface area (Å²) in [6.45, 7) is 1.83. The molecule has 2 rings (SSSR count). The van der Waals surface area contributed by atoms with Gasteiger partial charge in [0.25, 0.3) is 0 Å². The van der Waals surface area contributed by atoms with Crippen molar-refractivity contribution >= 4 is 5.95 Å². The molecular formula is C13H18N4O5. The number of aliphatic hydroxyl groups excluding tert-OH is 3. The van der Waals surface area contributed by atoms with E-state index in [9.17, 15) is 10.2 Å². The molecule has 0 spiro atoms. The molecule has 4 N–H and O–H groups in total. The molecule has 1 aromatic rings. The third kappa shape index (κ3) is 3.61. The van der Waals surface area contributed by atoms with Gasteiger partial charge in [0, 0.05) is 6.07 Å². The molecule has 0 bridgehead atoms. The van der Waals surface area contributed by atoms with Crippen LogP contribution < -0.4 is 10.1 Å². The first kappa shape index (κ1) is 16.4. The molecule has 0 amide bonds. The Balaban J connectivity index is 2.13. The van der Waals surface area contributed by atoms with Crippen LogP contribution in [0.4, 0.5) is 5.95 Å². The van der Waals surface area contributed by atoms with Crippen molar-refractivity contribution in [3.8, 4) is 11.9 Å². The Morgan fingerprint density at radius 1 is 1.45 bits per heavy atom. The minimum Gasteiger partial charge on any atom is -0.478 e. The number of hydrogen-bond acceptors (Lipinski definition) is 9. The first-order valence-corrected chi connectivity index (χ1v) is 6.86. The van der Waals surface area contributed by atoms with E-state index in [2.05, 4.69) is 15.3 Å². The highest BCUT2D eigenvalue weighted by atomic mass is 16.5. The standard InChI is InChI=1S/C13H18N4O5/c1-2-21-10-3-7(4-14)15-13(17-10)16-8-6-22-9(5-18)12(20)11(8)19/h3,8-9,11-12,18-20H,2,5-6H2,1H3,(H,15,16,17)/t8-,9+,11+,12-/m0/s1. The van der Waals surface area contributed by atoms with Gasteiger partial charge < -0.3 is 30.1 Å². The van der Waals surface area contributed by atoms with Crippen molar-refractivity contribution < 1.29 is 24.8 Å². The van der Waals surface area contributed by atoms with Gasteiger partial charge in [0.2, 0.25) is 11.8 Å². The van der Waals surface area contributed by atoms with E-state index in [1.807, 2.05) is 6.07 Å². The van der Waals surface area contributed by atoms with Gasteiger partial charge in [0.15, 0.2) is 0 Å². The number of hydrogen-bond donors (Lipinski definition) is 4. The van der Waals surface area contributed by atoms with E-state index >= 15 is 0 Å². The van der Waals surface area contributed by atoms with Gasteiger partial charge in [0.05, 0.1) is 25.9 Å². The molecular weight excluding hydrogens is 292 g/mol. The van der Waals surface area contributed by atoms with Crippen molar-refractivity contribution in [2.45, 2.75) is 31.3 Å². The smallest absolute Gasteiger partial charge is 0.227 e. The van der Waals surface area contributed by atoms with Gasteiger partial charge in [-0.3, -0.25) is 0 Å². The molecule has 2 heterocycles. The van der Waals surface area contributed by atoms with Crippen LogP contribution in [0.3, 0.4) is 0 Å². The fourth-order valence-electron chi connectivity index (χ4n) is 2.10. The number of nitrogens with zero attached hydrogens (tertiary/aromatic N) is 3. The van der Waals surface area contributed by atoms with Crippen LogP contribution in [0, 0.1) is 11.3 Å². The predicted octanol–water partition coefficient (Wildman–Crippen LogP) is -1.36. The third-order valence-electron chi connectivity index (χ3n) is 3.24. The second kappa shape index (κ2) is 7.33. The Bertz CT molecular complexity index is 550. The molecule has 120 valence electrons. The number of nitrogens with one attached hydrogen (secondary N) is 1. The zero-order valence-electron chi connectivity index (χ0n) is 12.0. The van der Waals surface area contributed by atoms with Crippen molar-refractivity contribution in [1.29, 1.82) is 5.26 Å². The van der Waals surface area contributed by atoms with E-state index in [1.54, 1.807) is 6.92 Å². The molecule has 1 fully saturated rings. The van der Waals surface area contributed by atoms with Crippen molar-refractivity contribution in [1.82, 2.24) is 9.97 Å². The zero-order valence-corrected chi connectivity index (χ0v) is 12.0. The lowest BCUT2D eigenvalue weighted by atomic mass is 9.98. The summed E-state index contributed by atoms with van der Waals surface area (Å²) in [5, 5.41) is 40.7. The third-order valence-corrected chi connectivity index (χ3v) is 3.24. The van der Waals surface area contributed by atoms with Gasteiger partial charge in [0.1, 0.15) is 30.1 Å². The molecule has 0 aliphatic carbocycles. The minimum atomic E-state index is -1.23. The minimum absolute atomic E-state index is 0.0492. The molecule has 1 aromatic heterocycles. The summed E-state index contributed by atoms with van der Waals surface area (Å²) in [6.07, 6.45) is -3.24. The van der Waals surface area contributed by atoms with Crippen LogP contribution in [-0.4, -0.2) is 69.5 Å². The quantitative estimate of drug-likeness (QED) is 0.519. The Hall–Kier alpha value is -1.99. The highest BCUT2D eigenvalue weighted by Gasteiger charge is 2.38. The summed E-state index contributed by atoms with van der Waals surface area (Å²) < 4.78 is 10.5. The van der Waals surface area contributed by atoms with Crippen LogP contribution in [0.5, 0.6) is 5.88 Å². The lowest BCUT2D eigenvalue weighted by Gasteiger charge is -2.37. The van der Waals surface area contributed by atoms with Gasteiger partial charge >= 0.3 is 0 Å². The van der Waals surface area contributed by atoms with Crippen molar-refractivity contribution in [3.05, 3.63) is 11.8 Å². The molecule has 9 heteroatoms. The monoisotopic (exact) mass is 310 g/mol. The first-order valence-electron chi connectivity index (χ1n) is 6.86. The number of aliphatic hydroxyl groups is 3. The number of nitriles is 1. The topological polar surface area (TPSA) is 141 Å². The molecule has 0 unspecified atom stereocenters. The molecule has 22 heavy (non-hydrogen) atoms. The average molecular weight is 310 g/mol. The van der Waals surface area contributed by atoms with Crippen LogP contribution >= 0.6 is 0 Å². The van der Waals surface area contributed by atoms with E-state index < -0.39 is 24.4 Å². The highest BCUT2D eigenvalue weighted by Crippen LogP contribution is 2.19. The van der Waals surface area contributed by atoms with Gasteiger partial charge in [-0.05, 0) is 6.92 Å². The molecule has 4 atom stereocenters. The summed E-state index contributed by atoms with van der Waals surface area (Å²) in [6, 6.07) is 2.61. The molecule has 1 saturated heterocycles. The summed E-state index contributed by atoms with van der Waals surface area (Å²) in [4.78, 5) is 8.04. The zero-order chi connectivity index (χ0) is 16.1. The molecule has 0 saturated carbocycles. The number of aromatic nitrogens is 2. The van der Waals surface area contributed by atoms with Gasteiger partial charge in [-0.1, -0.05) is 0 Å². The summed E-state index contributed by atoms with van der Waals surface area (Å²) in [7, 11) is 0. The normalized spacial score (nSPS) is 28.0. The Morgan fingerprint density at radius 3 is 2.86 bits per heavy atom. The Kier molecular flexibility index (Phi) is 5.46. The van der Waals surface area contributed by atoms with E-state index in [0.717, 1.165) is 0 Å². The van der Waals surface area contributed by atoms with Gasteiger partial charge in [-0.15, -0.1) is 0 Å². The van der Waals surface area contributed by atoms with E-state index in [-0.39, 0.29) is 30.7 Å². The second-order valence-corrected chi connectivity index (χ2v) is 4.75. The predicted molar refractivity (Wildman–Crippen MR) is 74.2 cm³/mol. The molecule has 0 radical (unpaired) electrons. The summed E-state index contributed by atoms with van der Waals surface area (Å²) in [5.74, 6) is 0.321. The summed E-state index contributed by atoms with van der Waals surface area (Å²) >= 11 is 0. The molecule has 1 aliphatic rings. The largest absolute Gasteiger partial charge is 0.478 e. The van der Waals surface area contributed by atoms with Gasteiger partial charge in [-0.2, -0.15) is 10.2 Å². The van der Waals surface area contributed by atoms with Crippen LogP contribution in [-0.2, 0) is 4.74 Å². The van der Waals surface area contributed by atoms with Crippen molar-refractivity contribution in [3.63, 3.8) is 0 Å². The Labute approximate surface area is 127 Å². The number of rotatable bonds is 5. The SMILES string of the molecule is CCOc1cc(C#N)nc(N[C@H]2CO[C@H](CO)[C@H](O)[C@@H]2O)n1. The summed E-state index contributed by atoms with van der Waals surface area (Å²) in [5.41, 5.74) is 0.112. The van der Waals surface area contributed by atoms with E-state index in [1.165, 1.54) is 6.07 Å². The molecule has 9 nitrogen and oxygen atoms in total. The van der Waals surface area contributed by atoms with Crippen LogP contribution in [0.1, 0.15) is 12.6 Å². The van der Waals surface area contributed by atoms with E-state index in [4.69, 9.17) is 19.8 Å². The van der Waals surface area contributed by atoms with Crippen LogP contribution in [0.2, 0.25) is 0 Å². The lowest BCUT2D eigenvalue weighted by molar-refractivity contribution is -0.152. The first-order chi connectivity index (χ1) is 10.6. The van der Waals surface area contributed by atoms with E-state index in [0.29, 0.717) is 6.61 Å².